The molecule has 0 unspecified atom stereocenters. The topological polar surface area (TPSA) is 266 Å². The molecule has 25 heteroatoms. The number of aromatic nitrogens is 7. The van der Waals surface area contributed by atoms with Gasteiger partial charge in [-0.1, -0.05) is 65.2 Å². The lowest BCUT2D eigenvalue weighted by molar-refractivity contribution is -0.129. The molecule has 0 fully saturated rings. The Kier molecular flexibility index (Phi) is 28.5. The highest BCUT2D eigenvalue weighted by molar-refractivity contribution is 5.96. The molecule has 14 aromatic rings. The molecule has 6 N–H and O–H groups in total. The van der Waals surface area contributed by atoms with Crippen LogP contribution in [0, 0.1) is 32.4 Å². The van der Waals surface area contributed by atoms with Crippen LogP contribution < -0.4 is 0 Å². The van der Waals surface area contributed by atoms with E-state index in [-0.39, 0.29) is 47.8 Å². The molecule has 20 rings (SSSR count). The molecular weight excluding hydrogens is 1670 g/mol. The summed E-state index contributed by atoms with van der Waals surface area (Å²) in [7, 11) is 0. The Morgan fingerprint density at radius 1 is 0.348 bits per heavy atom. The highest BCUT2D eigenvalue weighted by Crippen LogP contribution is 2.38. The predicted molar refractivity (Wildman–Crippen MR) is 517 cm³/mol. The summed E-state index contributed by atoms with van der Waals surface area (Å²) in [6, 6.07) is 48.9. The number of ether oxygens (including phenoxy) is 4. The Bertz CT molecular complexity index is 6410. The maximum Gasteiger partial charge on any atom is 0.410 e. The van der Waals surface area contributed by atoms with Crippen LogP contribution in [0.3, 0.4) is 0 Å². The summed E-state index contributed by atoms with van der Waals surface area (Å²) in [6.07, 6.45) is 14.0. The number of aromatic amines is 6. The molecule has 7 aromatic carbocycles. The van der Waals surface area contributed by atoms with Crippen molar-refractivity contribution in [3.8, 4) is 11.1 Å². The van der Waals surface area contributed by atoms with E-state index in [1.807, 2.05) is 136 Å². The third-order valence-electron chi connectivity index (χ3n) is 24.8. The number of nitrogens with one attached hydrogen (secondary N) is 6. The number of amides is 6. The van der Waals surface area contributed by atoms with Crippen molar-refractivity contribution in [2.45, 2.75) is 230 Å². The van der Waals surface area contributed by atoms with Gasteiger partial charge < -0.3 is 78.3 Å². The van der Waals surface area contributed by atoms with Gasteiger partial charge in [0, 0.05) is 216 Å². The Morgan fingerprint density at radius 3 is 0.985 bits per heavy atom. The van der Waals surface area contributed by atoms with Crippen molar-refractivity contribution in [1.29, 1.82) is 0 Å². The minimum Gasteiger partial charge on any atom is -0.450 e. The maximum atomic E-state index is 13.5. The van der Waals surface area contributed by atoms with Crippen LogP contribution in [0.4, 0.5) is 28.0 Å². The van der Waals surface area contributed by atoms with E-state index >= 15 is 0 Å². The third-order valence-corrected chi connectivity index (χ3v) is 24.8. The van der Waals surface area contributed by atoms with Crippen LogP contribution in [0.15, 0.2) is 164 Å². The zero-order valence-corrected chi connectivity index (χ0v) is 78.7. The molecule has 23 nitrogen and oxygen atoms in total. The molecular formula is C107H125F2N13O10. The summed E-state index contributed by atoms with van der Waals surface area (Å²) in [5.41, 5.74) is 26.0. The molecule has 0 saturated carbocycles. The van der Waals surface area contributed by atoms with E-state index in [1.165, 1.54) is 107 Å². The van der Waals surface area contributed by atoms with Gasteiger partial charge in [-0.05, 0) is 276 Å². The van der Waals surface area contributed by atoms with E-state index in [4.69, 9.17) is 18.9 Å². The van der Waals surface area contributed by atoms with Crippen molar-refractivity contribution in [2.75, 3.05) is 45.9 Å². The molecule has 0 saturated heterocycles. The van der Waals surface area contributed by atoms with Crippen LogP contribution in [0.1, 0.15) is 209 Å². The lowest BCUT2D eigenvalue weighted by Crippen LogP contribution is -2.36. The average molecular weight is 1790 g/mol. The summed E-state index contributed by atoms with van der Waals surface area (Å²) in [4.78, 5) is 110. The fourth-order valence-corrected chi connectivity index (χ4v) is 18.5. The van der Waals surface area contributed by atoms with Crippen molar-refractivity contribution in [3.63, 3.8) is 0 Å². The maximum absolute atomic E-state index is 13.5. The molecule has 6 amide bonds. The zero-order chi connectivity index (χ0) is 93.5. The van der Waals surface area contributed by atoms with Gasteiger partial charge in [0.2, 0.25) is 5.91 Å². The fourth-order valence-electron chi connectivity index (χ4n) is 18.5. The van der Waals surface area contributed by atoms with Crippen molar-refractivity contribution in [2.24, 2.45) is 0 Å². The van der Waals surface area contributed by atoms with Gasteiger partial charge in [-0.2, -0.15) is 0 Å². The molecule has 0 atom stereocenters. The van der Waals surface area contributed by atoms with E-state index < -0.39 is 16.8 Å². The summed E-state index contributed by atoms with van der Waals surface area (Å²) < 4.78 is 48.6. The van der Waals surface area contributed by atoms with E-state index in [0.717, 1.165) is 181 Å². The highest BCUT2D eigenvalue weighted by Gasteiger charge is 2.33. The number of aryl methyl sites for hydroxylation is 9. The van der Waals surface area contributed by atoms with Gasteiger partial charge in [-0.25, -0.2) is 28.0 Å². The second kappa shape index (κ2) is 40.3. The van der Waals surface area contributed by atoms with Crippen LogP contribution in [0.5, 0.6) is 0 Å². The van der Waals surface area contributed by atoms with Gasteiger partial charge in [-0.3, -0.25) is 14.6 Å². The fraction of sp³-hybridized carbons (Fsp3) is 0.393. The minimum absolute atomic E-state index is 0.0774. The first-order chi connectivity index (χ1) is 63.1. The van der Waals surface area contributed by atoms with E-state index in [0.29, 0.717) is 59.0 Å². The lowest BCUT2D eigenvalue weighted by atomic mass is 10.0. The van der Waals surface area contributed by atoms with Crippen LogP contribution in [-0.2, 0) is 102 Å². The minimum atomic E-state index is -0.515. The molecule has 0 bridgehead atoms. The smallest absolute Gasteiger partial charge is 0.410 e. The lowest BCUT2D eigenvalue weighted by Gasteiger charge is -2.26. The molecule has 7 aromatic heterocycles. The van der Waals surface area contributed by atoms with Crippen LogP contribution in [-0.4, -0.2) is 163 Å². The first kappa shape index (κ1) is 93.5. The van der Waals surface area contributed by atoms with Crippen LogP contribution in [0.25, 0.3) is 76.5 Å². The molecule has 0 aliphatic carbocycles. The second-order valence-corrected chi connectivity index (χ2v) is 38.5. The van der Waals surface area contributed by atoms with Crippen LogP contribution in [0.2, 0.25) is 0 Å². The van der Waals surface area contributed by atoms with Gasteiger partial charge in [0.05, 0.1) is 32.8 Å². The summed E-state index contributed by atoms with van der Waals surface area (Å²) in [6.45, 7) is 35.1. The molecule has 0 radical (unpaired) electrons. The molecule has 132 heavy (non-hydrogen) atoms. The van der Waals surface area contributed by atoms with Gasteiger partial charge in [0.1, 0.15) is 28.4 Å². The first-order valence-corrected chi connectivity index (χ1v) is 46.5. The van der Waals surface area contributed by atoms with Gasteiger partial charge in [-0.15, -0.1) is 0 Å². The SMILES string of the molecule is CC(=O)N1CCCc2[nH]c3ccc(F)cc3c2C1.CC(C)(C)OC(=O)N1CCCc2[nH]c3ccc(-c4cccnc4)cc3c2C1.CC(C)(C)OC(=O)N1CCCc2[nH]c3ccc(F)cc3c2C1.CCOC(=O)N1CCCc2[nH]c3ccc(C)cc3c2C1.Cc1ccc2[nH]c3c(c2c1)CN(C(=O)OC(C)(C)C)CCC3.Cc1ccc2[nH]c3c(c2c1)CN(C(=O)c1ccccc1)CCC3. The Hall–Kier alpha value is -13.2. The van der Waals surface area contributed by atoms with E-state index in [2.05, 4.69) is 135 Å². The largest absolute Gasteiger partial charge is 0.450 e. The monoisotopic (exact) mass is 1790 g/mol. The standard InChI is InChI=1S/C22H25N3O2.C20H20N2O.C18H24N2O2.C17H21FN2O2.C16H20N2O2.C14H15FN2O/c1-22(2,3)27-21(26)25-11-5-7-19-18(14-25)17-12-15(8-9-20(17)24-19)16-6-4-10-23-13-16;1-14-9-10-19-16(12-14)17-13-22(11-5-8-18(17)21-19)20(23)15-6-3-2-4-7-15;1-12-7-8-16-13(10-12)14-11-20(9-5-6-15(14)19-16)17(21)22-18(2,3)4;1-17(2,3)22-16(21)20-8-4-5-14-13(10-20)12-9-11(18)6-7-15(12)19-14;1-3-20-16(19)18-8-4-5-14-13(10-18)12-9-11(2)6-7-15(12)17-14;1-9(18)17-6-2-3-13-12(8-17)11-7-10(15)4-5-14(11)16-13/h4,6,8-10,12-13,24H,5,7,11,14H2,1-3H3;2-4,6-7,9-10,12,21H,5,8,11,13H2,1H3;7-8,10,19H,5-6,9,11H2,1-4H3;6-7,9,19H,4-5,8,10H2,1-3H3;6-7,9,17H,3-5,8,10H2,1-2H3;4-5,7,16H,2-3,6,8H2,1H3. The van der Waals surface area contributed by atoms with Crippen molar-refractivity contribution in [1.82, 2.24) is 64.3 Å². The number of nitrogens with zero attached hydrogens (tertiary/aromatic N) is 7. The number of halogens is 2. The number of hydrogen-bond acceptors (Lipinski definition) is 11. The van der Waals surface area contributed by atoms with Crippen molar-refractivity contribution < 1.29 is 56.5 Å². The molecule has 6 aliphatic rings. The van der Waals surface area contributed by atoms with Crippen LogP contribution >= 0.6 is 0 Å². The Balaban J connectivity index is 0.000000122. The van der Waals surface area contributed by atoms with Gasteiger partial charge in [0.15, 0.2) is 0 Å². The number of benzene rings is 7. The van der Waals surface area contributed by atoms with Gasteiger partial charge in [0.25, 0.3) is 5.91 Å². The number of carbonyl (C=O) groups is 6. The number of pyridine rings is 1. The molecule has 13 heterocycles. The number of carbonyl (C=O) groups excluding carboxylic acids is 6. The summed E-state index contributed by atoms with van der Waals surface area (Å²) in [5.74, 6) is -0.292. The van der Waals surface area contributed by atoms with E-state index in [9.17, 15) is 37.5 Å². The number of H-pyrrole nitrogens is 6. The second-order valence-electron chi connectivity index (χ2n) is 38.5. The average Bonchev–Trinajstić information content (AvgIpc) is 1.65. The third kappa shape index (κ3) is 22.7. The number of hydrogen-bond donors (Lipinski definition) is 6. The summed E-state index contributed by atoms with van der Waals surface area (Å²) in [5, 5.41) is 6.64. The Morgan fingerprint density at radius 2 is 0.652 bits per heavy atom. The Labute approximate surface area is 770 Å². The van der Waals surface area contributed by atoms with Crippen molar-refractivity contribution >= 4 is 102 Å². The number of rotatable bonds is 3. The first-order valence-electron chi connectivity index (χ1n) is 46.5. The number of fused-ring (bicyclic) bond motifs is 18. The summed E-state index contributed by atoms with van der Waals surface area (Å²) >= 11 is 0. The molecule has 692 valence electrons. The normalized spacial score (nSPS) is 15.1. The highest BCUT2D eigenvalue weighted by atomic mass is 19.1. The van der Waals surface area contributed by atoms with E-state index in [1.54, 1.807) is 36.2 Å². The van der Waals surface area contributed by atoms with Gasteiger partial charge >= 0.3 is 24.4 Å². The van der Waals surface area contributed by atoms with Crippen molar-refractivity contribution in [3.05, 3.63) is 265 Å². The molecule has 6 aliphatic heterocycles. The zero-order valence-electron chi connectivity index (χ0n) is 78.7. The quantitative estimate of drug-likeness (QED) is 0.0906. The molecule has 0 spiro atoms. The predicted octanol–water partition coefficient (Wildman–Crippen LogP) is 23.1.